The molecule has 0 amide bonds. The van der Waals surface area contributed by atoms with E-state index in [9.17, 15) is 0 Å². The molecule has 18 heavy (non-hydrogen) atoms. The van der Waals surface area contributed by atoms with Crippen molar-refractivity contribution < 1.29 is 4.52 Å². The van der Waals surface area contributed by atoms with Gasteiger partial charge in [-0.05, 0) is 19.2 Å². The highest BCUT2D eigenvalue weighted by Gasteiger charge is 2.08. The van der Waals surface area contributed by atoms with E-state index in [0.717, 1.165) is 22.2 Å². The van der Waals surface area contributed by atoms with Gasteiger partial charge in [0.15, 0.2) is 5.58 Å². The normalized spacial score (nSPS) is 9.22. The molecule has 0 atom stereocenters. The van der Waals surface area contributed by atoms with E-state index in [-0.39, 0.29) is 12.4 Å². The van der Waals surface area contributed by atoms with Crippen molar-refractivity contribution in [3.8, 4) is 11.3 Å². The number of aromatic nitrogens is 1. The fraction of sp³-hybridized carbons (Fsp3) is 0.0714. The van der Waals surface area contributed by atoms with E-state index in [1.807, 2.05) is 54.6 Å². The van der Waals surface area contributed by atoms with Gasteiger partial charge in [0.25, 0.3) is 0 Å². The number of hydrogen-bond donors (Lipinski definition) is 1. The van der Waals surface area contributed by atoms with E-state index in [4.69, 9.17) is 4.52 Å². The third-order valence-electron chi connectivity index (χ3n) is 2.42. The maximum atomic E-state index is 5.25. The number of hydrogen-bond acceptors (Lipinski definition) is 3. The SMILES string of the molecule is CN.Cl.c1ccc(-c2noc3ccccc23)cc1. The zero-order chi connectivity index (χ0) is 12.1. The third kappa shape index (κ3) is 2.70. The zero-order valence-electron chi connectivity index (χ0n) is 10.0. The number of fused-ring (bicyclic) bond motifs is 1. The van der Waals surface area contributed by atoms with Crippen LogP contribution in [0.15, 0.2) is 59.1 Å². The first kappa shape index (κ1) is 14.2. The first-order valence-electron chi connectivity index (χ1n) is 5.43. The molecule has 4 heteroatoms. The second-order valence-corrected chi connectivity index (χ2v) is 3.39. The van der Waals surface area contributed by atoms with E-state index >= 15 is 0 Å². The summed E-state index contributed by atoms with van der Waals surface area (Å²) in [5.74, 6) is 0. The molecule has 0 aliphatic rings. The highest BCUT2D eigenvalue weighted by molar-refractivity contribution is 5.91. The molecule has 94 valence electrons. The number of rotatable bonds is 1. The largest absolute Gasteiger partial charge is 0.356 e. The first-order valence-corrected chi connectivity index (χ1v) is 5.43. The number of nitrogens with zero attached hydrogens (tertiary/aromatic N) is 1. The molecule has 0 radical (unpaired) electrons. The van der Waals surface area contributed by atoms with Gasteiger partial charge in [0.1, 0.15) is 5.69 Å². The van der Waals surface area contributed by atoms with Gasteiger partial charge < -0.3 is 10.3 Å². The molecule has 1 heterocycles. The molecular formula is C14H15ClN2O. The average Bonchev–Trinajstić information content (AvgIpc) is 2.86. The Kier molecular flexibility index (Phi) is 5.36. The smallest absolute Gasteiger partial charge is 0.167 e. The molecule has 0 saturated heterocycles. The molecule has 1 aromatic heterocycles. The maximum absolute atomic E-state index is 5.25. The van der Waals surface area contributed by atoms with Crippen LogP contribution in [0.25, 0.3) is 22.2 Å². The minimum absolute atomic E-state index is 0. The number of halogens is 1. The Balaban J connectivity index is 0.000000516. The maximum Gasteiger partial charge on any atom is 0.167 e. The molecule has 0 bridgehead atoms. The molecule has 0 spiro atoms. The first-order chi connectivity index (χ1) is 8.45. The summed E-state index contributed by atoms with van der Waals surface area (Å²) in [6.07, 6.45) is 0. The van der Waals surface area contributed by atoms with Gasteiger partial charge in [-0.1, -0.05) is 47.6 Å². The van der Waals surface area contributed by atoms with Crippen molar-refractivity contribution in [2.45, 2.75) is 0 Å². The highest BCUT2D eigenvalue weighted by Crippen LogP contribution is 2.26. The molecule has 0 aliphatic carbocycles. The van der Waals surface area contributed by atoms with Gasteiger partial charge in [0.2, 0.25) is 0 Å². The van der Waals surface area contributed by atoms with E-state index in [1.54, 1.807) is 0 Å². The Bertz CT molecular complexity index is 593. The van der Waals surface area contributed by atoms with Crippen molar-refractivity contribution >= 4 is 23.4 Å². The number of nitrogens with two attached hydrogens (primary N) is 1. The molecule has 0 saturated carbocycles. The second-order valence-electron chi connectivity index (χ2n) is 3.39. The van der Waals surface area contributed by atoms with Gasteiger partial charge in [-0.2, -0.15) is 0 Å². The van der Waals surface area contributed by atoms with E-state index in [0.29, 0.717) is 0 Å². The van der Waals surface area contributed by atoms with Crippen molar-refractivity contribution in [1.29, 1.82) is 0 Å². The predicted octanol–water partition coefficient (Wildman–Crippen LogP) is 3.49. The van der Waals surface area contributed by atoms with E-state index in [1.165, 1.54) is 7.05 Å². The van der Waals surface area contributed by atoms with Crippen LogP contribution in [0.3, 0.4) is 0 Å². The number of benzene rings is 2. The molecular weight excluding hydrogens is 248 g/mol. The summed E-state index contributed by atoms with van der Waals surface area (Å²) < 4.78 is 5.25. The molecule has 3 nitrogen and oxygen atoms in total. The quantitative estimate of drug-likeness (QED) is 0.730. The molecule has 0 aliphatic heterocycles. The minimum atomic E-state index is 0. The van der Waals surface area contributed by atoms with Crippen molar-refractivity contribution in [2.75, 3.05) is 7.05 Å². The Morgan fingerprint density at radius 2 is 1.50 bits per heavy atom. The summed E-state index contributed by atoms with van der Waals surface area (Å²) in [5.41, 5.74) is 7.32. The van der Waals surface area contributed by atoms with Crippen LogP contribution >= 0.6 is 12.4 Å². The molecule has 0 fully saturated rings. The van der Waals surface area contributed by atoms with Gasteiger partial charge in [0, 0.05) is 10.9 Å². The average molecular weight is 263 g/mol. The van der Waals surface area contributed by atoms with Crippen LogP contribution < -0.4 is 5.73 Å². The predicted molar refractivity (Wildman–Crippen MR) is 76.8 cm³/mol. The fourth-order valence-corrected chi connectivity index (χ4v) is 1.69. The van der Waals surface area contributed by atoms with E-state index in [2.05, 4.69) is 10.9 Å². The molecule has 3 aromatic rings. The van der Waals surface area contributed by atoms with E-state index < -0.39 is 0 Å². The van der Waals surface area contributed by atoms with Crippen LogP contribution in [-0.4, -0.2) is 12.2 Å². The second kappa shape index (κ2) is 6.79. The Morgan fingerprint density at radius 1 is 0.889 bits per heavy atom. The summed E-state index contributed by atoms with van der Waals surface area (Å²) in [6, 6.07) is 17.9. The molecule has 2 N–H and O–H groups in total. The molecule has 0 unspecified atom stereocenters. The van der Waals surface area contributed by atoms with Crippen LogP contribution in [0.4, 0.5) is 0 Å². The van der Waals surface area contributed by atoms with Crippen molar-refractivity contribution in [3.05, 3.63) is 54.6 Å². The Morgan fingerprint density at radius 3 is 2.22 bits per heavy atom. The van der Waals surface area contributed by atoms with Crippen LogP contribution in [0, 0.1) is 0 Å². The molecule has 3 rings (SSSR count). The third-order valence-corrected chi connectivity index (χ3v) is 2.42. The van der Waals surface area contributed by atoms with Gasteiger partial charge in [-0.3, -0.25) is 0 Å². The summed E-state index contributed by atoms with van der Waals surface area (Å²) in [5, 5.41) is 5.15. The van der Waals surface area contributed by atoms with Crippen molar-refractivity contribution in [1.82, 2.24) is 5.16 Å². The van der Waals surface area contributed by atoms with Gasteiger partial charge in [-0.25, -0.2) is 0 Å². The van der Waals surface area contributed by atoms with Crippen molar-refractivity contribution in [3.63, 3.8) is 0 Å². The van der Waals surface area contributed by atoms with Crippen LogP contribution in [-0.2, 0) is 0 Å². The summed E-state index contributed by atoms with van der Waals surface area (Å²) in [7, 11) is 1.50. The lowest BCUT2D eigenvalue weighted by atomic mass is 10.1. The molecule has 2 aromatic carbocycles. The standard InChI is InChI=1S/C13H9NO.CH5N.ClH/c1-2-6-10(7-3-1)13-11-8-4-5-9-12(11)15-14-13;1-2;/h1-9H;2H2,1H3;1H. The lowest BCUT2D eigenvalue weighted by Gasteiger charge is -1.94. The van der Waals surface area contributed by atoms with Gasteiger partial charge in [-0.15, -0.1) is 12.4 Å². The van der Waals surface area contributed by atoms with Crippen LogP contribution in [0.1, 0.15) is 0 Å². The van der Waals surface area contributed by atoms with Gasteiger partial charge in [0.05, 0.1) is 0 Å². The Labute approximate surface area is 112 Å². The van der Waals surface area contributed by atoms with Crippen LogP contribution in [0.2, 0.25) is 0 Å². The fourth-order valence-electron chi connectivity index (χ4n) is 1.69. The topological polar surface area (TPSA) is 52.0 Å². The highest BCUT2D eigenvalue weighted by atomic mass is 35.5. The summed E-state index contributed by atoms with van der Waals surface area (Å²) in [6.45, 7) is 0. The van der Waals surface area contributed by atoms with Crippen LogP contribution in [0.5, 0.6) is 0 Å². The number of para-hydroxylation sites is 1. The monoisotopic (exact) mass is 262 g/mol. The van der Waals surface area contributed by atoms with Crippen molar-refractivity contribution in [2.24, 2.45) is 5.73 Å². The zero-order valence-corrected chi connectivity index (χ0v) is 10.9. The minimum Gasteiger partial charge on any atom is -0.356 e. The van der Waals surface area contributed by atoms with Gasteiger partial charge >= 0.3 is 0 Å². The Hall–Kier alpha value is -1.84. The summed E-state index contributed by atoms with van der Waals surface area (Å²) >= 11 is 0. The lowest BCUT2D eigenvalue weighted by Crippen LogP contribution is -1.76. The summed E-state index contributed by atoms with van der Waals surface area (Å²) in [4.78, 5) is 0. The lowest BCUT2D eigenvalue weighted by molar-refractivity contribution is 0.459.